The molecule has 18 heavy (non-hydrogen) atoms. The van der Waals surface area contributed by atoms with Gasteiger partial charge in [-0.25, -0.2) is 0 Å². The average Bonchev–Trinajstić information content (AvgIpc) is 2.24. The summed E-state index contributed by atoms with van der Waals surface area (Å²) in [4.78, 5) is 17.6. The summed E-state index contributed by atoms with van der Waals surface area (Å²) in [6, 6.07) is 0. The average molecular weight is 258 g/mol. The van der Waals surface area contributed by atoms with Crippen molar-refractivity contribution < 1.29 is 4.79 Å². The van der Waals surface area contributed by atoms with E-state index in [2.05, 4.69) is 42.9 Å². The fourth-order valence-corrected chi connectivity index (χ4v) is 1.82. The number of nitrogens with zero attached hydrogens (tertiary/aromatic N) is 3. The number of rotatable bonds is 11. The van der Waals surface area contributed by atoms with Gasteiger partial charge in [-0.3, -0.25) is 4.79 Å². The van der Waals surface area contributed by atoms with Crippen LogP contribution in [0.2, 0.25) is 0 Å². The second kappa shape index (κ2) is 10.3. The topological polar surface area (TPSA) is 52.8 Å². The molecule has 0 bridgehead atoms. The van der Waals surface area contributed by atoms with Crippen LogP contribution in [0, 0.1) is 0 Å². The first-order chi connectivity index (χ1) is 8.41. The van der Waals surface area contributed by atoms with E-state index in [9.17, 15) is 4.79 Å². The normalized spacial score (nSPS) is 11.7. The lowest BCUT2D eigenvalue weighted by Crippen LogP contribution is -2.33. The molecule has 0 heterocycles. The maximum atomic E-state index is 10.8. The van der Waals surface area contributed by atoms with Gasteiger partial charge in [-0.05, 0) is 67.2 Å². The number of carbonyl (C=O) groups excluding carboxylic acids is 1. The molecule has 5 nitrogen and oxygen atoms in total. The fraction of sp³-hybridized carbons (Fsp3) is 0.923. The van der Waals surface area contributed by atoms with Gasteiger partial charge in [0.1, 0.15) is 0 Å². The van der Waals surface area contributed by atoms with Gasteiger partial charge in [0.2, 0.25) is 5.91 Å². The highest BCUT2D eigenvalue weighted by Gasteiger charge is 2.07. The predicted octanol–water partition coefficient (Wildman–Crippen LogP) is 0.0672. The Bertz CT molecular complexity index is 205. The first-order valence-corrected chi connectivity index (χ1v) is 6.72. The van der Waals surface area contributed by atoms with Crippen LogP contribution in [0.4, 0.5) is 0 Å². The van der Waals surface area contributed by atoms with Gasteiger partial charge in [0.05, 0.1) is 0 Å². The molecule has 2 N–H and O–H groups in total. The molecule has 0 rings (SSSR count). The zero-order valence-corrected chi connectivity index (χ0v) is 12.5. The maximum Gasteiger partial charge on any atom is 0.218 e. The fourth-order valence-electron chi connectivity index (χ4n) is 1.82. The molecule has 0 fully saturated rings. The molecular formula is C13H30N4O. The van der Waals surface area contributed by atoms with Gasteiger partial charge in [0.15, 0.2) is 0 Å². The Labute approximate surface area is 112 Å². The van der Waals surface area contributed by atoms with E-state index in [4.69, 9.17) is 5.73 Å². The van der Waals surface area contributed by atoms with Gasteiger partial charge in [-0.15, -0.1) is 0 Å². The van der Waals surface area contributed by atoms with E-state index in [1.54, 1.807) is 0 Å². The molecule has 0 saturated heterocycles. The Morgan fingerprint density at radius 3 is 1.61 bits per heavy atom. The SMILES string of the molecule is CN(C)CCCN(CCCN(C)C)CCC(N)=O. The van der Waals surface area contributed by atoms with Crippen LogP contribution >= 0.6 is 0 Å². The summed E-state index contributed by atoms with van der Waals surface area (Å²) in [5.41, 5.74) is 5.21. The first-order valence-electron chi connectivity index (χ1n) is 6.72. The van der Waals surface area contributed by atoms with Gasteiger partial charge < -0.3 is 20.4 Å². The summed E-state index contributed by atoms with van der Waals surface area (Å²) < 4.78 is 0. The molecule has 108 valence electrons. The van der Waals surface area contributed by atoms with Gasteiger partial charge in [0, 0.05) is 13.0 Å². The van der Waals surface area contributed by atoms with Crippen molar-refractivity contribution in [2.75, 3.05) is 60.9 Å². The van der Waals surface area contributed by atoms with Crippen LogP contribution in [0.25, 0.3) is 0 Å². The zero-order valence-electron chi connectivity index (χ0n) is 12.5. The maximum absolute atomic E-state index is 10.8. The summed E-state index contributed by atoms with van der Waals surface area (Å²) in [6.45, 7) is 5.04. The highest BCUT2D eigenvalue weighted by atomic mass is 16.1. The van der Waals surface area contributed by atoms with E-state index in [-0.39, 0.29) is 5.91 Å². The van der Waals surface area contributed by atoms with Crippen molar-refractivity contribution in [2.24, 2.45) is 5.73 Å². The van der Waals surface area contributed by atoms with E-state index in [1.807, 2.05) is 0 Å². The van der Waals surface area contributed by atoms with E-state index in [1.165, 1.54) is 0 Å². The Kier molecular flexibility index (Phi) is 9.92. The molecule has 0 radical (unpaired) electrons. The Hall–Kier alpha value is -0.650. The monoisotopic (exact) mass is 258 g/mol. The van der Waals surface area contributed by atoms with Crippen molar-refractivity contribution in [2.45, 2.75) is 19.3 Å². The minimum Gasteiger partial charge on any atom is -0.370 e. The molecule has 0 atom stereocenters. The second-order valence-electron chi connectivity index (χ2n) is 5.37. The number of amides is 1. The van der Waals surface area contributed by atoms with Gasteiger partial charge in [-0.2, -0.15) is 0 Å². The molecule has 1 amide bonds. The van der Waals surface area contributed by atoms with E-state index in [0.29, 0.717) is 6.42 Å². The third kappa shape index (κ3) is 11.8. The Morgan fingerprint density at radius 1 is 0.833 bits per heavy atom. The molecule has 0 aliphatic heterocycles. The van der Waals surface area contributed by atoms with Crippen molar-refractivity contribution in [1.82, 2.24) is 14.7 Å². The molecule has 0 aromatic rings. The summed E-state index contributed by atoms with van der Waals surface area (Å²) in [5.74, 6) is -0.208. The molecular weight excluding hydrogens is 228 g/mol. The summed E-state index contributed by atoms with van der Waals surface area (Å²) in [7, 11) is 8.33. The molecule has 0 aromatic heterocycles. The minimum absolute atomic E-state index is 0.208. The number of primary amides is 1. The zero-order chi connectivity index (χ0) is 14.0. The van der Waals surface area contributed by atoms with Gasteiger partial charge in [0.25, 0.3) is 0 Å². The van der Waals surface area contributed by atoms with Crippen LogP contribution in [0.15, 0.2) is 0 Å². The minimum atomic E-state index is -0.208. The molecule has 0 aliphatic rings. The summed E-state index contributed by atoms with van der Waals surface area (Å²) in [5, 5.41) is 0. The van der Waals surface area contributed by atoms with E-state index >= 15 is 0 Å². The van der Waals surface area contributed by atoms with Crippen LogP contribution in [-0.4, -0.2) is 81.5 Å². The first kappa shape index (κ1) is 17.4. The van der Waals surface area contributed by atoms with Crippen LogP contribution in [0.5, 0.6) is 0 Å². The van der Waals surface area contributed by atoms with E-state index < -0.39 is 0 Å². The molecule has 0 aromatic carbocycles. The van der Waals surface area contributed by atoms with Gasteiger partial charge in [-0.1, -0.05) is 0 Å². The van der Waals surface area contributed by atoms with Crippen molar-refractivity contribution in [3.63, 3.8) is 0 Å². The predicted molar refractivity (Wildman–Crippen MR) is 76.6 cm³/mol. The van der Waals surface area contributed by atoms with Crippen molar-refractivity contribution >= 4 is 5.91 Å². The molecule has 0 saturated carbocycles. The number of hydrogen-bond acceptors (Lipinski definition) is 4. The lowest BCUT2D eigenvalue weighted by atomic mass is 10.3. The molecule has 0 unspecified atom stereocenters. The van der Waals surface area contributed by atoms with Crippen molar-refractivity contribution in [3.05, 3.63) is 0 Å². The van der Waals surface area contributed by atoms with Crippen molar-refractivity contribution in [3.8, 4) is 0 Å². The third-order valence-corrected chi connectivity index (χ3v) is 2.83. The van der Waals surface area contributed by atoms with Crippen molar-refractivity contribution in [1.29, 1.82) is 0 Å². The van der Waals surface area contributed by atoms with Crippen LogP contribution in [0.1, 0.15) is 19.3 Å². The van der Waals surface area contributed by atoms with Crippen LogP contribution in [0.3, 0.4) is 0 Å². The highest BCUT2D eigenvalue weighted by Crippen LogP contribution is 1.98. The van der Waals surface area contributed by atoms with Gasteiger partial charge >= 0.3 is 0 Å². The lowest BCUT2D eigenvalue weighted by molar-refractivity contribution is -0.118. The molecule has 0 aliphatic carbocycles. The number of hydrogen-bond donors (Lipinski definition) is 1. The smallest absolute Gasteiger partial charge is 0.218 e. The largest absolute Gasteiger partial charge is 0.370 e. The highest BCUT2D eigenvalue weighted by molar-refractivity contribution is 5.73. The van der Waals surface area contributed by atoms with Crippen LogP contribution in [-0.2, 0) is 4.79 Å². The Balaban J connectivity index is 3.87. The second-order valence-corrected chi connectivity index (χ2v) is 5.37. The standard InChI is InChI=1S/C13H30N4O/c1-15(2)8-5-10-17(12-7-13(14)18)11-6-9-16(3)4/h5-12H2,1-4H3,(H2,14,18). The summed E-state index contributed by atoms with van der Waals surface area (Å²) in [6.07, 6.45) is 2.73. The number of carbonyl (C=O) groups is 1. The molecule has 5 heteroatoms. The Morgan fingerprint density at radius 2 is 1.28 bits per heavy atom. The van der Waals surface area contributed by atoms with Crippen LogP contribution < -0.4 is 5.73 Å². The number of nitrogens with two attached hydrogens (primary N) is 1. The third-order valence-electron chi connectivity index (χ3n) is 2.83. The molecule has 0 spiro atoms. The quantitative estimate of drug-likeness (QED) is 0.570. The lowest BCUT2D eigenvalue weighted by Gasteiger charge is -2.23. The summed E-state index contributed by atoms with van der Waals surface area (Å²) >= 11 is 0. The van der Waals surface area contributed by atoms with E-state index in [0.717, 1.165) is 45.6 Å².